The van der Waals surface area contributed by atoms with Crippen molar-refractivity contribution >= 4 is 11.9 Å². The first-order chi connectivity index (χ1) is 33.5. The van der Waals surface area contributed by atoms with E-state index in [-0.39, 0.29) is 24.9 Å². The van der Waals surface area contributed by atoms with Crippen LogP contribution in [0.1, 0.15) is 271 Å². The highest BCUT2D eigenvalue weighted by Crippen LogP contribution is 2.17. The van der Waals surface area contributed by atoms with Gasteiger partial charge in [-0.05, 0) is 89.9 Å². The van der Waals surface area contributed by atoms with Crippen LogP contribution in [0.5, 0.6) is 0 Å². The number of esters is 1. The van der Waals surface area contributed by atoms with Gasteiger partial charge in [-0.2, -0.15) is 0 Å². The molecule has 0 aromatic carbocycles. The molecule has 0 fully saturated rings. The fourth-order valence-electron chi connectivity index (χ4n) is 8.39. The summed E-state index contributed by atoms with van der Waals surface area (Å²) in [4.78, 5) is 26.3. The average Bonchev–Trinajstić information content (AvgIpc) is 3.33. The molecule has 3 unspecified atom stereocenters. The molecule has 3 atom stereocenters. The largest absolute Gasteiger partial charge is 0.462 e. The first-order valence-corrected chi connectivity index (χ1v) is 28.9. The van der Waals surface area contributed by atoms with E-state index in [1.807, 2.05) is 0 Å². The molecule has 0 spiro atoms. The summed E-state index contributed by atoms with van der Waals surface area (Å²) in [5.74, 6) is -0.537. The van der Waals surface area contributed by atoms with Gasteiger partial charge in [-0.15, -0.1) is 0 Å². The van der Waals surface area contributed by atoms with Crippen molar-refractivity contribution in [3.8, 4) is 0 Å². The Labute approximate surface area is 421 Å². The molecule has 0 aliphatic heterocycles. The zero-order valence-electron chi connectivity index (χ0n) is 44.7. The van der Waals surface area contributed by atoms with Gasteiger partial charge >= 0.3 is 5.97 Å². The van der Waals surface area contributed by atoms with Crippen LogP contribution in [0.2, 0.25) is 0 Å². The Morgan fingerprint density at radius 1 is 0.441 bits per heavy atom. The van der Waals surface area contributed by atoms with Gasteiger partial charge in [0.05, 0.1) is 25.2 Å². The van der Waals surface area contributed by atoms with Gasteiger partial charge in [-0.25, -0.2) is 0 Å². The number of hydrogen-bond acceptors (Lipinski definition) is 5. The van der Waals surface area contributed by atoms with E-state index in [1.54, 1.807) is 0 Å². The number of amides is 1. The van der Waals surface area contributed by atoms with E-state index in [2.05, 4.69) is 111 Å². The molecule has 68 heavy (non-hydrogen) atoms. The lowest BCUT2D eigenvalue weighted by Crippen LogP contribution is -2.46. The van der Waals surface area contributed by atoms with Gasteiger partial charge in [0.25, 0.3) is 0 Å². The number of rotatable bonds is 51. The second-order valence-corrected chi connectivity index (χ2v) is 19.4. The molecule has 0 heterocycles. The molecule has 0 bridgehead atoms. The van der Waals surface area contributed by atoms with Crippen molar-refractivity contribution in [2.45, 2.75) is 289 Å². The van der Waals surface area contributed by atoms with Crippen molar-refractivity contribution in [2.24, 2.45) is 0 Å². The van der Waals surface area contributed by atoms with Crippen molar-refractivity contribution in [1.82, 2.24) is 5.32 Å². The smallest absolute Gasteiger partial charge is 0.306 e. The van der Waals surface area contributed by atoms with Crippen LogP contribution in [0, 0.1) is 0 Å². The Morgan fingerprint density at radius 3 is 1.31 bits per heavy atom. The van der Waals surface area contributed by atoms with Gasteiger partial charge in [0.2, 0.25) is 5.91 Å². The minimum absolute atomic E-state index is 0.0386. The summed E-state index contributed by atoms with van der Waals surface area (Å²) >= 11 is 0. The monoisotopic (exact) mass is 948 g/mol. The van der Waals surface area contributed by atoms with E-state index >= 15 is 0 Å². The second-order valence-electron chi connectivity index (χ2n) is 19.4. The molecular weight excluding hydrogens is 839 g/mol. The number of hydrogen-bond donors (Lipinski definition) is 3. The SMILES string of the molecule is CCCCC/C=C\C/C=C\C/C=C\CCCCC(CC(=O)NC(CO)C(O)CCCCCCCCCCCCCCCCCC)OC(=O)CCCCCCC/C=C/C=C/C=C/C=C/CCCCC. The van der Waals surface area contributed by atoms with Crippen LogP contribution in [0.25, 0.3) is 0 Å². The lowest BCUT2D eigenvalue weighted by atomic mass is 10.0. The second kappa shape index (κ2) is 55.0. The Hall–Kier alpha value is -2.96. The molecule has 0 saturated heterocycles. The summed E-state index contributed by atoms with van der Waals surface area (Å²) in [6.07, 6.45) is 72.1. The zero-order valence-corrected chi connectivity index (χ0v) is 44.7. The Kier molecular flexibility index (Phi) is 52.6. The number of carbonyl (C=O) groups excluding carboxylic acids is 2. The third kappa shape index (κ3) is 49.5. The topological polar surface area (TPSA) is 95.9 Å². The van der Waals surface area contributed by atoms with E-state index in [1.165, 1.54) is 128 Å². The normalized spacial score (nSPS) is 13.8. The van der Waals surface area contributed by atoms with Gasteiger partial charge in [-0.1, -0.05) is 254 Å². The Balaban J connectivity index is 4.66. The minimum Gasteiger partial charge on any atom is -0.462 e. The molecule has 0 radical (unpaired) electrons. The maximum absolute atomic E-state index is 13.3. The maximum atomic E-state index is 13.3. The summed E-state index contributed by atoms with van der Waals surface area (Å²) in [6, 6.07) is -0.724. The molecule has 0 aromatic heterocycles. The van der Waals surface area contributed by atoms with Gasteiger partial charge in [0.1, 0.15) is 6.10 Å². The van der Waals surface area contributed by atoms with E-state index in [0.717, 1.165) is 96.3 Å². The van der Waals surface area contributed by atoms with Gasteiger partial charge < -0.3 is 20.3 Å². The number of carbonyl (C=O) groups is 2. The van der Waals surface area contributed by atoms with Crippen LogP contribution >= 0.6 is 0 Å². The van der Waals surface area contributed by atoms with Crippen molar-refractivity contribution in [3.05, 3.63) is 85.1 Å². The number of ether oxygens (including phenoxy) is 1. The predicted molar refractivity (Wildman–Crippen MR) is 296 cm³/mol. The summed E-state index contributed by atoms with van der Waals surface area (Å²) in [6.45, 7) is 6.42. The highest BCUT2D eigenvalue weighted by atomic mass is 16.5. The predicted octanol–water partition coefficient (Wildman–Crippen LogP) is 17.9. The lowest BCUT2D eigenvalue weighted by molar-refractivity contribution is -0.151. The summed E-state index contributed by atoms with van der Waals surface area (Å²) < 4.78 is 5.93. The molecule has 0 aromatic rings. The molecule has 6 heteroatoms. The van der Waals surface area contributed by atoms with E-state index in [9.17, 15) is 19.8 Å². The highest BCUT2D eigenvalue weighted by Gasteiger charge is 2.24. The molecule has 0 saturated carbocycles. The van der Waals surface area contributed by atoms with Crippen molar-refractivity contribution in [2.75, 3.05) is 6.61 Å². The number of aliphatic hydroxyl groups excluding tert-OH is 2. The summed E-state index contributed by atoms with van der Waals surface area (Å²) in [5.41, 5.74) is 0. The molecule has 6 nitrogen and oxygen atoms in total. The van der Waals surface area contributed by atoms with E-state index < -0.39 is 18.2 Å². The fraction of sp³-hybridized carbons (Fsp3) is 0.742. The summed E-state index contributed by atoms with van der Waals surface area (Å²) in [7, 11) is 0. The van der Waals surface area contributed by atoms with E-state index in [4.69, 9.17) is 4.74 Å². The first-order valence-electron chi connectivity index (χ1n) is 28.9. The molecule has 0 rings (SSSR count). The molecular formula is C62H109NO5. The molecule has 0 aliphatic carbocycles. The summed E-state index contributed by atoms with van der Waals surface area (Å²) in [5, 5.41) is 23.9. The van der Waals surface area contributed by atoms with Crippen molar-refractivity contribution < 1.29 is 24.5 Å². The zero-order chi connectivity index (χ0) is 49.5. The van der Waals surface area contributed by atoms with E-state index in [0.29, 0.717) is 19.3 Å². The van der Waals surface area contributed by atoms with Gasteiger partial charge in [0, 0.05) is 6.42 Å². The first kappa shape index (κ1) is 65.0. The van der Waals surface area contributed by atoms with Crippen LogP contribution in [0.3, 0.4) is 0 Å². The van der Waals surface area contributed by atoms with Crippen LogP contribution in [0.4, 0.5) is 0 Å². The van der Waals surface area contributed by atoms with Crippen LogP contribution in [-0.4, -0.2) is 46.9 Å². The number of nitrogens with one attached hydrogen (secondary N) is 1. The number of aliphatic hydroxyl groups is 2. The third-order valence-electron chi connectivity index (χ3n) is 12.8. The third-order valence-corrected chi connectivity index (χ3v) is 12.8. The van der Waals surface area contributed by atoms with Crippen molar-refractivity contribution in [3.63, 3.8) is 0 Å². The standard InChI is InChI=1S/C62H109NO5/c1-4-7-10-13-16-19-22-25-28-30-31-34-37-40-43-46-49-52-55-62(67)68-58(53-50-47-44-41-38-35-32-27-24-21-18-15-12-9-6-3)56-61(66)63-59(57-64)60(65)54-51-48-45-42-39-36-33-29-26-23-20-17-14-11-8-5-2/h16,18-19,21-22,25,27-28,30-32,34,38,41,58-60,64-65H,4-15,17,20,23-24,26,29,33,35-37,39-40,42-57H2,1-3H3,(H,63,66)/b19-16+,21-18-,25-22+,30-28+,32-27-,34-31+,41-38-. The fourth-order valence-corrected chi connectivity index (χ4v) is 8.39. The molecule has 1 amide bonds. The minimum atomic E-state index is -0.807. The average molecular weight is 949 g/mol. The van der Waals surface area contributed by atoms with Gasteiger partial charge in [-0.3, -0.25) is 9.59 Å². The molecule has 3 N–H and O–H groups in total. The Bertz CT molecular complexity index is 1290. The maximum Gasteiger partial charge on any atom is 0.306 e. The molecule has 0 aliphatic rings. The Morgan fingerprint density at radius 2 is 0.809 bits per heavy atom. The highest BCUT2D eigenvalue weighted by molar-refractivity contribution is 5.77. The number of allylic oxidation sites excluding steroid dienone is 14. The van der Waals surface area contributed by atoms with Crippen LogP contribution < -0.4 is 5.32 Å². The van der Waals surface area contributed by atoms with Gasteiger partial charge in [0.15, 0.2) is 0 Å². The molecule has 392 valence electrons. The van der Waals surface area contributed by atoms with Crippen LogP contribution in [0.15, 0.2) is 85.1 Å². The quantitative estimate of drug-likeness (QED) is 0.0244. The lowest BCUT2D eigenvalue weighted by Gasteiger charge is -2.24. The van der Waals surface area contributed by atoms with Crippen molar-refractivity contribution in [1.29, 1.82) is 0 Å². The van der Waals surface area contributed by atoms with Crippen LogP contribution in [-0.2, 0) is 14.3 Å². The number of unbranched alkanes of at least 4 members (excludes halogenated alkanes) is 28.